The minimum atomic E-state index is -0.415. The zero-order chi connectivity index (χ0) is 22.9. The lowest BCUT2D eigenvalue weighted by Crippen LogP contribution is -2.33. The van der Waals surface area contributed by atoms with Gasteiger partial charge in [0, 0.05) is 25.7 Å². The third-order valence-electron chi connectivity index (χ3n) is 5.46. The molecule has 6 heteroatoms. The van der Waals surface area contributed by atoms with E-state index in [0.717, 1.165) is 49.0 Å². The summed E-state index contributed by atoms with van der Waals surface area (Å²) in [5, 5.41) is 15.3. The first kappa shape index (κ1) is 24.0. The van der Waals surface area contributed by atoms with Gasteiger partial charge >= 0.3 is 0 Å². The molecule has 0 spiro atoms. The van der Waals surface area contributed by atoms with Gasteiger partial charge in [0.25, 0.3) is 0 Å². The molecule has 0 aliphatic rings. The van der Waals surface area contributed by atoms with Crippen molar-refractivity contribution >= 4 is 0 Å². The number of unbranched alkanes of at least 4 members (excludes halogenated alkanes) is 1. The van der Waals surface area contributed by atoms with Gasteiger partial charge in [0.2, 0.25) is 5.88 Å². The summed E-state index contributed by atoms with van der Waals surface area (Å²) in [6, 6.07) is 16.3. The number of nitrogens with zero attached hydrogens (tertiary/aromatic N) is 3. The Balaban J connectivity index is 1.97. The Morgan fingerprint density at radius 3 is 2.47 bits per heavy atom. The molecule has 3 rings (SSSR count). The van der Waals surface area contributed by atoms with Crippen LogP contribution in [-0.4, -0.2) is 39.0 Å². The van der Waals surface area contributed by atoms with E-state index in [0.29, 0.717) is 19.0 Å². The van der Waals surface area contributed by atoms with Crippen molar-refractivity contribution in [3.8, 4) is 22.9 Å². The molecule has 32 heavy (non-hydrogen) atoms. The second kappa shape index (κ2) is 11.8. The zero-order valence-corrected chi connectivity index (χ0v) is 19.3. The summed E-state index contributed by atoms with van der Waals surface area (Å²) in [5.41, 5.74) is 2.67. The largest absolute Gasteiger partial charge is 0.436 e. The summed E-state index contributed by atoms with van der Waals surface area (Å²) in [5.74, 6) is 0.265. The maximum absolute atomic E-state index is 14.3. The molecule has 0 fully saturated rings. The minimum Gasteiger partial charge on any atom is -0.436 e. The van der Waals surface area contributed by atoms with Crippen molar-refractivity contribution in [1.29, 1.82) is 0 Å². The Bertz CT molecular complexity index is 974. The Morgan fingerprint density at radius 2 is 1.78 bits per heavy atom. The van der Waals surface area contributed by atoms with Crippen LogP contribution in [0.15, 0.2) is 54.6 Å². The van der Waals surface area contributed by atoms with E-state index in [2.05, 4.69) is 18.7 Å². The van der Waals surface area contributed by atoms with Crippen molar-refractivity contribution in [2.45, 2.75) is 52.2 Å². The van der Waals surface area contributed by atoms with E-state index in [9.17, 15) is 9.50 Å². The summed E-state index contributed by atoms with van der Waals surface area (Å²) in [4.78, 5) is 2.23. The molecule has 0 amide bonds. The maximum atomic E-state index is 14.3. The fourth-order valence-electron chi connectivity index (χ4n) is 3.89. The van der Waals surface area contributed by atoms with Crippen LogP contribution in [0.25, 0.3) is 11.3 Å². The number of hydrogen-bond donors (Lipinski definition) is 1. The lowest BCUT2D eigenvalue weighted by atomic mass is 10.1. The topological polar surface area (TPSA) is 50.5 Å². The number of aliphatic hydroxyl groups is 1. The van der Waals surface area contributed by atoms with E-state index >= 15 is 0 Å². The fourth-order valence-corrected chi connectivity index (χ4v) is 3.89. The highest BCUT2D eigenvalue weighted by atomic mass is 19.1. The van der Waals surface area contributed by atoms with Crippen molar-refractivity contribution in [1.82, 2.24) is 14.7 Å². The molecule has 2 aromatic carbocycles. The highest BCUT2D eigenvalue weighted by molar-refractivity contribution is 5.65. The summed E-state index contributed by atoms with van der Waals surface area (Å²) in [6.07, 6.45) is 3.44. The number of halogens is 1. The van der Waals surface area contributed by atoms with E-state index in [1.807, 2.05) is 37.4 Å². The number of hydrogen-bond acceptors (Lipinski definition) is 4. The molecule has 0 saturated heterocycles. The second-order valence-corrected chi connectivity index (χ2v) is 8.19. The minimum absolute atomic E-state index is 0.168. The van der Waals surface area contributed by atoms with Crippen molar-refractivity contribution in [3.63, 3.8) is 0 Å². The number of ether oxygens (including phenoxy) is 1. The van der Waals surface area contributed by atoms with Crippen LogP contribution < -0.4 is 4.74 Å². The third-order valence-corrected chi connectivity index (χ3v) is 5.46. The first-order valence-electron chi connectivity index (χ1n) is 11.5. The average Bonchev–Trinajstić information content (AvgIpc) is 3.09. The number of aryl methyl sites for hydroxylation is 1. The summed E-state index contributed by atoms with van der Waals surface area (Å²) < 4.78 is 22.1. The van der Waals surface area contributed by atoms with E-state index in [1.54, 1.807) is 22.9 Å². The van der Waals surface area contributed by atoms with Crippen LogP contribution >= 0.6 is 0 Å². The van der Waals surface area contributed by atoms with Gasteiger partial charge in [0.05, 0.1) is 11.7 Å². The van der Waals surface area contributed by atoms with Crippen molar-refractivity contribution in [2.75, 3.05) is 13.1 Å². The normalized spacial score (nSPS) is 12.3. The van der Waals surface area contributed by atoms with Crippen LogP contribution in [0, 0.1) is 5.82 Å². The maximum Gasteiger partial charge on any atom is 0.222 e. The molecular formula is C26H34FN3O2. The highest BCUT2D eigenvalue weighted by Gasteiger charge is 2.23. The molecule has 0 bridgehead atoms. The van der Waals surface area contributed by atoms with E-state index in [1.165, 1.54) is 6.07 Å². The van der Waals surface area contributed by atoms with Gasteiger partial charge in [-0.1, -0.05) is 69.2 Å². The van der Waals surface area contributed by atoms with Crippen molar-refractivity contribution in [3.05, 3.63) is 66.0 Å². The average molecular weight is 440 g/mol. The van der Waals surface area contributed by atoms with Crippen LogP contribution in [0.1, 0.15) is 45.1 Å². The number of aliphatic hydroxyl groups excluding tert-OH is 1. The van der Waals surface area contributed by atoms with E-state index in [4.69, 9.17) is 9.84 Å². The van der Waals surface area contributed by atoms with Crippen LogP contribution in [0.4, 0.5) is 4.39 Å². The SMILES string of the molecule is CCCC[C@H](O)CN(CCC)Cc1c(-c2ccccc2)nn(C)c1Oc1ccccc1F. The first-order valence-corrected chi connectivity index (χ1v) is 11.5. The van der Waals surface area contributed by atoms with Crippen LogP contribution in [0.3, 0.4) is 0 Å². The second-order valence-electron chi connectivity index (χ2n) is 8.19. The Morgan fingerprint density at radius 1 is 1.06 bits per heavy atom. The van der Waals surface area contributed by atoms with E-state index in [-0.39, 0.29) is 11.9 Å². The molecule has 1 atom stereocenters. The number of para-hydroxylation sites is 1. The zero-order valence-electron chi connectivity index (χ0n) is 19.3. The Labute approximate surface area is 190 Å². The fraction of sp³-hybridized carbons (Fsp3) is 0.423. The lowest BCUT2D eigenvalue weighted by molar-refractivity contribution is 0.0992. The molecule has 5 nitrogen and oxygen atoms in total. The molecule has 1 N–H and O–H groups in total. The van der Waals surface area contributed by atoms with Gasteiger partial charge in [-0.3, -0.25) is 4.90 Å². The number of aromatic nitrogens is 2. The molecule has 0 radical (unpaired) electrons. The monoisotopic (exact) mass is 439 g/mol. The van der Waals surface area contributed by atoms with Crippen LogP contribution in [0.2, 0.25) is 0 Å². The Kier molecular flexibility index (Phi) is 8.82. The van der Waals surface area contributed by atoms with Gasteiger partial charge < -0.3 is 9.84 Å². The van der Waals surface area contributed by atoms with Crippen molar-refractivity contribution < 1.29 is 14.2 Å². The number of rotatable bonds is 12. The predicted molar refractivity (Wildman–Crippen MR) is 126 cm³/mol. The predicted octanol–water partition coefficient (Wildman–Crippen LogP) is 5.78. The molecule has 1 heterocycles. The van der Waals surface area contributed by atoms with E-state index < -0.39 is 5.82 Å². The number of benzene rings is 2. The molecule has 0 aliphatic heterocycles. The first-order chi connectivity index (χ1) is 15.5. The van der Waals surface area contributed by atoms with Gasteiger partial charge in [-0.15, -0.1) is 0 Å². The molecular weight excluding hydrogens is 405 g/mol. The van der Waals surface area contributed by atoms with Gasteiger partial charge in [-0.25, -0.2) is 9.07 Å². The van der Waals surface area contributed by atoms with Crippen LogP contribution in [0.5, 0.6) is 11.6 Å². The third kappa shape index (κ3) is 6.17. The molecule has 172 valence electrons. The van der Waals surface area contributed by atoms with Gasteiger partial charge in [-0.2, -0.15) is 5.10 Å². The van der Waals surface area contributed by atoms with Gasteiger partial charge in [0.1, 0.15) is 5.69 Å². The molecule has 0 aliphatic carbocycles. The lowest BCUT2D eigenvalue weighted by Gasteiger charge is -2.25. The van der Waals surface area contributed by atoms with Crippen molar-refractivity contribution in [2.24, 2.45) is 7.05 Å². The Hall–Kier alpha value is -2.70. The summed E-state index contributed by atoms with van der Waals surface area (Å²) in [6.45, 7) is 6.23. The van der Waals surface area contributed by atoms with Gasteiger partial charge in [0.15, 0.2) is 11.6 Å². The summed E-state index contributed by atoms with van der Waals surface area (Å²) in [7, 11) is 1.81. The molecule has 1 aromatic heterocycles. The van der Waals surface area contributed by atoms with Crippen LogP contribution in [-0.2, 0) is 13.6 Å². The molecule has 0 unspecified atom stereocenters. The standard InChI is InChI=1S/C26H34FN3O2/c1-4-6-14-21(31)18-30(17-5-2)19-22-25(20-12-8-7-9-13-20)28-29(3)26(22)32-24-16-11-10-15-23(24)27/h7-13,15-16,21,31H,4-6,14,17-19H2,1-3H3/t21-/m0/s1. The molecule has 3 aromatic rings. The smallest absolute Gasteiger partial charge is 0.222 e. The van der Waals surface area contributed by atoms with Gasteiger partial charge in [-0.05, 0) is 31.5 Å². The highest BCUT2D eigenvalue weighted by Crippen LogP contribution is 2.35. The molecule has 0 saturated carbocycles. The quantitative estimate of drug-likeness (QED) is 0.389. The summed E-state index contributed by atoms with van der Waals surface area (Å²) >= 11 is 0.